The van der Waals surface area contributed by atoms with Crippen molar-refractivity contribution in [2.75, 3.05) is 52.3 Å². The van der Waals surface area contributed by atoms with Gasteiger partial charge in [-0.1, -0.05) is 24.3 Å². The molecule has 1 N–H and O–H groups in total. The van der Waals surface area contributed by atoms with E-state index in [4.69, 9.17) is 4.98 Å². The minimum Gasteiger partial charge on any atom is -0.395 e. The molecule has 1 aromatic carbocycles. The van der Waals surface area contributed by atoms with Crippen molar-refractivity contribution in [1.82, 2.24) is 19.8 Å². The number of amides is 1. The van der Waals surface area contributed by atoms with E-state index in [2.05, 4.69) is 20.9 Å². The fourth-order valence-corrected chi connectivity index (χ4v) is 4.45. The van der Waals surface area contributed by atoms with Crippen LogP contribution in [0.2, 0.25) is 0 Å². The van der Waals surface area contributed by atoms with E-state index in [1.54, 1.807) is 11.9 Å². The van der Waals surface area contributed by atoms with Crippen molar-refractivity contribution in [2.45, 2.75) is 18.9 Å². The molecule has 1 amide bonds. The van der Waals surface area contributed by atoms with Crippen molar-refractivity contribution in [3.63, 3.8) is 0 Å². The van der Waals surface area contributed by atoms with E-state index in [1.807, 2.05) is 56.7 Å². The topological polar surface area (TPSA) is 72.8 Å². The van der Waals surface area contributed by atoms with Crippen LogP contribution in [0.15, 0.2) is 48.7 Å². The Morgan fingerprint density at radius 1 is 1.19 bits per heavy atom. The Morgan fingerprint density at radius 2 is 2.00 bits per heavy atom. The van der Waals surface area contributed by atoms with Crippen molar-refractivity contribution >= 4 is 22.6 Å². The Labute approximate surface area is 189 Å². The van der Waals surface area contributed by atoms with Gasteiger partial charge in [0.05, 0.1) is 17.7 Å². The molecule has 1 atom stereocenters. The summed E-state index contributed by atoms with van der Waals surface area (Å²) in [6.45, 7) is 2.97. The zero-order valence-electron chi connectivity index (χ0n) is 19.0. The summed E-state index contributed by atoms with van der Waals surface area (Å²) in [6.07, 6.45) is 2.83. The molecule has 32 heavy (non-hydrogen) atoms. The molecule has 3 heterocycles. The highest BCUT2D eigenvalue weighted by Crippen LogP contribution is 2.31. The third kappa shape index (κ3) is 4.59. The molecular weight excluding hydrogens is 402 g/mol. The number of hydrogen-bond acceptors (Lipinski definition) is 6. The van der Waals surface area contributed by atoms with Crippen molar-refractivity contribution < 1.29 is 9.90 Å². The van der Waals surface area contributed by atoms with Crippen LogP contribution < -0.4 is 4.90 Å². The van der Waals surface area contributed by atoms with Crippen LogP contribution in [0.4, 0.5) is 5.82 Å². The summed E-state index contributed by atoms with van der Waals surface area (Å²) in [6, 6.07) is 13.9. The molecule has 4 rings (SSSR count). The summed E-state index contributed by atoms with van der Waals surface area (Å²) in [5.41, 5.74) is 3.67. The lowest BCUT2D eigenvalue weighted by Gasteiger charge is -2.21. The first-order chi connectivity index (χ1) is 15.5. The maximum absolute atomic E-state index is 13.1. The number of aromatic nitrogens is 2. The summed E-state index contributed by atoms with van der Waals surface area (Å²) >= 11 is 0. The Morgan fingerprint density at radius 3 is 2.78 bits per heavy atom. The standard InChI is InChI=1S/C25H31N5O2/c1-28(2)24-19(7-6-11-26-24)17-30-12-10-18(16-30)23-15-21(25(32)29(3)13-14-31)20-8-4-5-9-22(20)27-23/h4-9,11,15,18,31H,10,12-14,16-17H2,1-3H3/t18-/m1/s1. The minimum absolute atomic E-state index is 0.0566. The smallest absolute Gasteiger partial charge is 0.254 e. The fraction of sp³-hybridized carbons (Fsp3) is 0.400. The Balaban J connectivity index is 1.59. The zero-order chi connectivity index (χ0) is 22.7. The van der Waals surface area contributed by atoms with Gasteiger partial charge in [0.1, 0.15) is 5.82 Å². The average molecular weight is 434 g/mol. The van der Waals surface area contributed by atoms with Gasteiger partial charge in [-0.05, 0) is 31.2 Å². The van der Waals surface area contributed by atoms with E-state index in [0.29, 0.717) is 12.1 Å². The van der Waals surface area contributed by atoms with E-state index >= 15 is 0 Å². The SMILES string of the molecule is CN(CCO)C(=O)c1cc([C@@H]2CCN(Cc3cccnc3N(C)C)C2)nc2ccccc12. The quantitative estimate of drug-likeness (QED) is 0.618. The molecule has 7 heteroatoms. The number of pyridine rings is 2. The van der Waals surface area contributed by atoms with E-state index in [-0.39, 0.29) is 18.4 Å². The first-order valence-electron chi connectivity index (χ1n) is 11.1. The van der Waals surface area contributed by atoms with Gasteiger partial charge in [0.2, 0.25) is 0 Å². The highest BCUT2D eigenvalue weighted by molar-refractivity contribution is 6.06. The molecule has 3 aromatic rings. The summed E-state index contributed by atoms with van der Waals surface area (Å²) in [7, 11) is 5.76. The van der Waals surface area contributed by atoms with Crippen LogP contribution in [0.5, 0.6) is 0 Å². The lowest BCUT2D eigenvalue weighted by atomic mass is 9.99. The van der Waals surface area contributed by atoms with Crippen molar-refractivity contribution in [3.8, 4) is 0 Å². The molecule has 0 aliphatic carbocycles. The number of rotatable bonds is 7. The summed E-state index contributed by atoms with van der Waals surface area (Å²) in [5.74, 6) is 1.19. The largest absolute Gasteiger partial charge is 0.395 e. The molecule has 0 radical (unpaired) electrons. The molecule has 0 unspecified atom stereocenters. The Bertz CT molecular complexity index is 1100. The second kappa shape index (κ2) is 9.63. The van der Waals surface area contributed by atoms with Crippen LogP contribution >= 0.6 is 0 Å². The number of nitrogens with zero attached hydrogens (tertiary/aromatic N) is 5. The fourth-order valence-electron chi connectivity index (χ4n) is 4.45. The number of anilines is 1. The van der Waals surface area contributed by atoms with Gasteiger partial charge >= 0.3 is 0 Å². The lowest BCUT2D eigenvalue weighted by molar-refractivity contribution is 0.0768. The summed E-state index contributed by atoms with van der Waals surface area (Å²) < 4.78 is 0. The summed E-state index contributed by atoms with van der Waals surface area (Å²) in [4.78, 5) is 28.6. The number of hydrogen-bond donors (Lipinski definition) is 1. The van der Waals surface area contributed by atoms with Crippen molar-refractivity contribution in [2.24, 2.45) is 0 Å². The van der Waals surface area contributed by atoms with Gasteiger partial charge in [0.15, 0.2) is 0 Å². The normalized spacial score (nSPS) is 16.4. The minimum atomic E-state index is -0.0836. The molecular formula is C25H31N5O2. The molecule has 1 aliphatic rings. The number of para-hydroxylation sites is 1. The molecule has 0 bridgehead atoms. The van der Waals surface area contributed by atoms with Crippen LogP contribution in [0, 0.1) is 0 Å². The van der Waals surface area contributed by atoms with Gasteiger partial charge in [-0.2, -0.15) is 0 Å². The van der Waals surface area contributed by atoms with Crippen molar-refractivity contribution in [3.05, 3.63) is 65.5 Å². The third-order valence-corrected chi connectivity index (χ3v) is 6.12. The number of aliphatic hydroxyl groups excluding tert-OH is 1. The maximum atomic E-state index is 13.1. The average Bonchev–Trinajstić information content (AvgIpc) is 3.26. The van der Waals surface area contributed by atoms with Gasteiger partial charge in [-0.3, -0.25) is 14.7 Å². The number of likely N-dealkylation sites (tertiary alicyclic amines) is 1. The molecule has 1 saturated heterocycles. The molecule has 1 fully saturated rings. The number of likely N-dealkylation sites (N-methyl/N-ethyl adjacent to an activating group) is 1. The van der Waals surface area contributed by atoms with Crippen LogP contribution in [-0.2, 0) is 6.54 Å². The highest BCUT2D eigenvalue weighted by Gasteiger charge is 2.27. The lowest BCUT2D eigenvalue weighted by Crippen LogP contribution is -2.30. The molecule has 0 spiro atoms. The van der Waals surface area contributed by atoms with E-state index < -0.39 is 0 Å². The Hall–Kier alpha value is -3.03. The van der Waals surface area contributed by atoms with Crippen LogP contribution in [0.1, 0.15) is 34.0 Å². The maximum Gasteiger partial charge on any atom is 0.254 e. The van der Waals surface area contributed by atoms with Gasteiger partial charge in [-0.25, -0.2) is 4.98 Å². The van der Waals surface area contributed by atoms with Gasteiger partial charge in [0.25, 0.3) is 5.91 Å². The predicted octanol–water partition coefficient (Wildman–Crippen LogP) is 2.75. The van der Waals surface area contributed by atoms with E-state index in [9.17, 15) is 9.90 Å². The van der Waals surface area contributed by atoms with Gasteiger partial charge in [-0.15, -0.1) is 0 Å². The van der Waals surface area contributed by atoms with Gasteiger partial charge in [0, 0.05) is 69.5 Å². The number of benzene rings is 1. The van der Waals surface area contributed by atoms with Crippen LogP contribution in [-0.4, -0.2) is 78.2 Å². The first kappa shape index (κ1) is 22.2. The third-order valence-electron chi connectivity index (χ3n) is 6.12. The van der Waals surface area contributed by atoms with E-state index in [1.165, 1.54) is 5.56 Å². The summed E-state index contributed by atoms with van der Waals surface area (Å²) in [5, 5.41) is 10.1. The zero-order valence-corrected chi connectivity index (χ0v) is 19.0. The Kier molecular flexibility index (Phi) is 6.67. The highest BCUT2D eigenvalue weighted by atomic mass is 16.3. The van der Waals surface area contributed by atoms with Crippen molar-refractivity contribution in [1.29, 1.82) is 0 Å². The molecule has 2 aromatic heterocycles. The number of aliphatic hydroxyl groups is 1. The number of carbonyl (C=O) groups excluding carboxylic acids is 1. The monoisotopic (exact) mass is 433 g/mol. The second-order valence-electron chi connectivity index (χ2n) is 8.66. The first-order valence-corrected chi connectivity index (χ1v) is 11.1. The van der Waals surface area contributed by atoms with Crippen LogP contribution in [0.25, 0.3) is 10.9 Å². The second-order valence-corrected chi connectivity index (χ2v) is 8.66. The molecule has 7 nitrogen and oxygen atoms in total. The molecule has 1 aliphatic heterocycles. The van der Waals surface area contributed by atoms with E-state index in [0.717, 1.165) is 48.5 Å². The van der Waals surface area contributed by atoms with Gasteiger partial charge < -0.3 is 14.9 Å². The van der Waals surface area contributed by atoms with Crippen LogP contribution in [0.3, 0.4) is 0 Å². The number of fused-ring (bicyclic) bond motifs is 1. The molecule has 168 valence electrons. The predicted molar refractivity (Wildman–Crippen MR) is 127 cm³/mol. The molecule has 0 saturated carbocycles. The number of carbonyl (C=O) groups is 1.